The molecule has 2 heterocycles. The molecule has 0 unspecified atom stereocenters. The standard InChI is InChI=1S/C22H31N3O4/c1-15-6-5-7-16(2)25(15)19(26)14-24-20(27)22(3,23-21(24)28)13-12-17-8-10-18(29-4)11-9-17/h8-11,15-16H,5-7,12-14H2,1-4H3,(H,23,28)/t15-,16-,22+/m0/s1. The van der Waals surface area contributed by atoms with Crippen LogP contribution in [-0.4, -0.2) is 58.9 Å². The Hall–Kier alpha value is -2.57. The van der Waals surface area contributed by atoms with E-state index in [1.807, 2.05) is 43.0 Å². The molecule has 1 N–H and O–H groups in total. The van der Waals surface area contributed by atoms with Crippen molar-refractivity contribution in [1.82, 2.24) is 15.1 Å². The number of urea groups is 1. The van der Waals surface area contributed by atoms with E-state index < -0.39 is 11.6 Å². The highest BCUT2D eigenvalue weighted by molar-refractivity contribution is 6.08. The third-order valence-electron chi connectivity index (χ3n) is 6.19. The highest BCUT2D eigenvalue weighted by Gasteiger charge is 2.48. The summed E-state index contributed by atoms with van der Waals surface area (Å²) < 4.78 is 5.16. The predicted molar refractivity (Wildman–Crippen MR) is 110 cm³/mol. The van der Waals surface area contributed by atoms with Crippen LogP contribution in [-0.2, 0) is 16.0 Å². The smallest absolute Gasteiger partial charge is 0.325 e. The molecule has 0 bridgehead atoms. The van der Waals surface area contributed by atoms with Crippen LogP contribution in [0.3, 0.4) is 0 Å². The third-order valence-corrected chi connectivity index (χ3v) is 6.19. The number of carbonyl (C=O) groups excluding carboxylic acids is 3. The van der Waals surface area contributed by atoms with Gasteiger partial charge in [0.25, 0.3) is 5.91 Å². The van der Waals surface area contributed by atoms with Crippen LogP contribution in [0.5, 0.6) is 5.75 Å². The van der Waals surface area contributed by atoms with Crippen LogP contribution < -0.4 is 10.1 Å². The molecular weight excluding hydrogens is 370 g/mol. The summed E-state index contributed by atoms with van der Waals surface area (Å²) in [5.41, 5.74) is 0.0516. The number of ether oxygens (including phenoxy) is 1. The zero-order valence-corrected chi connectivity index (χ0v) is 17.7. The van der Waals surface area contributed by atoms with E-state index in [4.69, 9.17) is 4.74 Å². The van der Waals surface area contributed by atoms with Gasteiger partial charge in [-0.2, -0.15) is 0 Å². The molecule has 7 heteroatoms. The summed E-state index contributed by atoms with van der Waals surface area (Å²) in [4.78, 5) is 41.2. The number of benzene rings is 1. The highest BCUT2D eigenvalue weighted by Crippen LogP contribution is 2.26. The molecule has 1 aromatic rings. The third kappa shape index (κ3) is 4.38. The molecule has 0 saturated carbocycles. The molecule has 4 amide bonds. The molecule has 158 valence electrons. The zero-order valence-electron chi connectivity index (χ0n) is 17.7. The minimum absolute atomic E-state index is 0.133. The minimum atomic E-state index is -1.00. The van der Waals surface area contributed by atoms with Gasteiger partial charge in [0, 0.05) is 12.1 Å². The molecule has 0 spiro atoms. The summed E-state index contributed by atoms with van der Waals surface area (Å²) in [7, 11) is 1.62. The second kappa shape index (κ2) is 8.43. The van der Waals surface area contributed by atoms with Crippen molar-refractivity contribution in [2.45, 2.75) is 70.5 Å². The maximum absolute atomic E-state index is 13.0. The van der Waals surface area contributed by atoms with Crippen molar-refractivity contribution in [3.63, 3.8) is 0 Å². The molecule has 7 nitrogen and oxygen atoms in total. The van der Waals surface area contributed by atoms with Gasteiger partial charge in [-0.25, -0.2) is 4.79 Å². The van der Waals surface area contributed by atoms with Gasteiger partial charge in [0.15, 0.2) is 0 Å². The lowest BCUT2D eigenvalue weighted by Gasteiger charge is -2.39. The fraction of sp³-hybridized carbons (Fsp3) is 0.591. The van der Waals surface area contributed by atoms with Crippen LogP contribution in [0.4, 0.5) is 4.79 Å². The van der Waals surface area contributed by atoms with E-state index in [1.165, 1.54) is 0 Å². The minimum Gasteiger partial charge on any atom is -0.497 e. The molecule has 2 saturated heterocycles. The van der Waals surface area contributed by atoms with Gasteiger partial charge in [-0.1, -0.05) is 12.1 Å². The number of rotatable bonds is 6. The Kier molecular flexibility index (Phi) is 6.15. The number of nitrogens with zero attached hydrogens (tertiary/aromatic N) is 2. The van der Waals surface area contributed by atoms with Crippen molar-refractivity contribution < 1.29 is 19.1 Å². The number of carbonyl (C=O) groups is 3. The van der Waals surface area contributed by atoms with Crippen LogP contribution in [0, 0.1) is 0 Å². The topological polar surface area (TPSA) is 79.0 Å². The largest absolute Gasteiger partial charge is 0.497 e. The number of methoxy groups -OCH3 is 1. The molecule has 2 aliphatic heterocycles. The predicted octanol–water partition coefficient (Wildman–Crippen LogP) is 2.73. The first-order valence-electron chi connectivity index (χ1n) is 10.3. The summed E-state index contributed by atoms with van der Waals surface area (Å²) in [5, 5.41) is 2.80. The van der Waals surface area contributed by atoms with Gasteiger partial charge in [0.05, 0.1) is 7.11 Å². The average molecular weight is 402 g/mol. The van der Waals surface area contributed by atoms with Crippen molar-refractivity contribution in [3.05, 3.63) is 29.8 Å². The number of likely N-dealkylation sites (tertiary alicyclic amines) is 1. The number of imide groups is 1. The first-order chi connectivity index (χ1) is 13.7. The Balaban J connectivity index is 1.64. The van der Waals surface area contributed by atoms with Crippen LogP contribution in [0.2, 0.25) is 0 Å². The summed E-state index contributed by atoms with van der Waals surface area (Å²) in [6, 6.07) is 7.42. The summed E-state index contributed by atoms with van der Waals surface area (Å²) >= 11 is 0. The molecular formula is C22H31N3O4. The van der Waals surface area contributed by atoms with Gasteiger partial charge in [0.1, 0.15) is 17.8 Å². The first-order valence-corrected chi connectivity index (χ1v) is 10.3. The van der Waals surface area contributed by atoms with Gasteiger partial charge < -0.3 is 15.0 Å². The lowest BCUT2D eigenvalue weighted by atomic mass is 9.93. The lowest BCUT2D eigenvalue weighted by molar-refractivity contribution is -0.142. The van der Waals surface area contributed by atoms with Crippen molar-refractivity contribution in [3.8, 4) is 5.75 Å². The molecule has 2 fully saturated rings. The number of amides is 4. The number of hydrogen-bond donors (Lipinski definition) is 1. The number of piperidine rings is 1. The Morgan fingerprint density at radius 2 is 1.79 bits per heavy atom. The van der Waals surface area contributed by atoms with E-state index in [9.17, 15) is 14.4 Å². The highest BCUT2D eigenvalue weighted by atomic mass is 16.5. The van der Waals surface area contributed by atoms with Crippen molar-refractivity contribution in [1.29, 1.82) is 0 Å². The molecule has 0 aliphatic carbocycles. The van der Waals surface area contributed by atoms with Crippen LogP contribution in [0.15, 0.2) is 24.3 Å². The van der Waals surface area contributed by atoms with Crippen molar-refractivity contribution >= 4 is 17.8 Å². The Bertz CT molecular complexity index is 769. The molecule has 29 heavy (non-hydrogen) atoms. The summed E-state index contributed by atoms with van der Waals surface area (Å²) in [6.45, 7) is 5.58. The number of aryl methyl sites for hydroxylation is 1. The van der Waals surface area contributed by atoms with E-state index >= 15 is 0 Å². The van der Waals surface area contributed by atoms with E-state index in [0.29, 0.717) is 12.8 Å². The van der Waals surface area contributed by atoms with Crippen molar-refractivity contribution in [2.75, 3.05) is 13.7 Å². The second-order valence-electron chi connectivity index (χ2n) is 8.43. The van der Waals surface area contributed by atoms with Crippen LogP contribution in [0.25, 0.3) is 0 Å². The molecule has 0 aromatic heterocycles. The van der Waals surface area contributed by atoms with E-state index in [1.54, 1.807) is 14.0 Å². The second-order valence-corrected chi connectivity index (χ2v) is 8.43. The van der Waals surface area contributed by atoms with Gasteiger partial charge in [-0.05, 0) is 70.6 Å². The monoisotopic (exact) mass is 401 g/mol. The normalized spacial score (nSPS) is 27.2. The fourth-order valence-electron chi connectivity index (χ4n) is 4.38. The van der Waals surface area contributed by atoms with E-state index in [0.717, 1.165) is 35.5 Å². The van der Waals surface area contributed by atoms with Crippen molar-refractivity contribution in [2.24, 2.45) is 0 Å². The molecule has 3 rings (SSSR count). The molecule has 2 aliphatic rings. The van der Waals surface area contributed by atoms with Gasteiger partial charge in [-0.15, -0.1) is 0 Å². The Morgan fingerprint density at radius 1 is 1.17 bits per heavy atom. The lowest BCUT2D eigenvalue weighted by Crippen LogP contribution is -2.52. The number of nitrogens with one attached hydrogen (secondary N) is 1. The summed E-state index contributed by atoms with van der Waals surface area (Å²) in [5.74, 6) is 0.283. The SMILES string of the molecule is COc1ccc(CC[C@@]2(C)NC(=O)N(CC(=O)N3[C@@H](C)CCC[C@@H]3C)C2=O)cc1. The van der Waals surface area contributed by atoms with E-state index in [-0.39, 0.29) is 30.4 Å². The zero-order chi connectivity index (χ0) is 21.2. The van der Waals surface area contributed by atoms with Gasteiger partial charge >= 0.3 is 6.03 Å². The Morgan fingerprint density at radius 3 is 2.38 bits per heavy atom. The number of hydrogen-bond acceptors (Lipinski definition) is 4. The van der Waals surface area contributed by atoms with E-state index in [2.05, 4.69) is 5.32 Å². The molecule has 1 aromatic carbocycles. The Labute approximate surface area is 172 Å². The maximum Gasteiger partial charge on any atom is 0.325 e. The van der Waals surface area contributed by atoms with Gasteiger partial charge in [0.2, 0.25) is 5.91 Å². The quantitative estimate of drug-likeness (QED) is 0.744. The van der Waals surface area contributed by atoms with Crippen LogP contribution >= 0.6 is 0 Å². The average Bonchev–Trinajstić information content (AvgIpc) is 2.90. The van der Waals surface area contributed by atoms with Crippen LogP contribution in [0.1, 0.15) is 52.0 Å². The van der Waals surface area contributed by atoms with Gasteiger partial charge in [-0.3, -0.25) is 14.5 Å². The maximum atomic E-state index is 13.0. The first kappa shape index (κ1) is 21.1. The fourth-order valence-corrected chi connectivity index (χ4v) is 4.38. The molecule has 3 atom stereocenters. The molecule has 0 radical (unpaired) electrons. The summed E-state index contributed by atoms with van der Waals surface area (Å²) in [6.07, 6.45) is 4.10.